The van der Waals surface area contributed by atoms with E-state index in [1.165, 1.54) is 21.5 Å². The number of fused-ring (bicyclic) bond motifs is 8. The van der Waals surface area contributed by atoms with Crippen LogP contribution < -0.4 is 9.80 Å². The van der Waals surface area contributed by atoms with Crippen molar-refractivity contribution >= 4 is 77.2 Å². The number of para-hydroxylation sites is 4. The van der Waals surface area contributed by atoms with E-state index in [-0.39, 0.29) is 11.6 Å². The van der Waals surface area contributed by atoms with Crippen LogP contribution in [0.4, 0.5) is 42.9 Å². The smallest absolute Gasteiger partial charge is 0.123 e. The number of nitrogens with zero attached hydrogens (tertiary/aromatic N) is 2. The summed E-state index contributed by atoms with van der Waals surface area (Å²) in [5.41, 5.74) is 23.8. The molecule has 84 heavy (non-hydrogen) atoms. The van der Waals surface area contributed by atoms with Crippen LogP contribution >= 0.6 is 0 Å². The van der Waals surface area contributed by atoms with Crippen molar-refractivity contribution in [2.24, 2.45) is 0 Å². The SMILES string of the molecule is Fc1ccc(-c2ccc(-c3ccccc3)c3c2-c2ccc4c5c(N(c6ccccc6)c6ccccc6)cc6c7c(ccc(c8c(N(c9ccccc9)c9ccccc9)cc-3c2c48)c75)-c2c(-c3ccccc3)ccc(-c3ccc(F)cc3)c2-6)cc1. The minimum absolute atomic E-state index is 0.269. The van der Waals surface area contributed by atoms with Gasteiger partial charge in [-0.3, -0.25) is 0 Å². The molecule has 0 spiro atoms. The summed E-state index contributed by atoms with van der Waals surface area (Å²) in [5, 5.41) is 9.24. The van der Waals surface area contributed by atoms with Gasteiger partial charge in [-0.1, -0.05) is 206 Å². The van der Waals surface area contributed by atoms with E-state index in [9.17, 15) is 8.78 Å². The molecular weight excluding hydrogens is 1030 g/mol. The molecule has 0 saturated heterocycles. The van der Waals surface area contributed by atoms with E-state index in [4.69, 9.17) is 0 Å². The first-order chi connectivity index (χ1) is 41.6. The fraction of sp³-hybridized carbons (Fsp3) is 0. The normalized spacial score (nSPS) is 11.9. The molecule has 0 atom stereocenters. The van der Waals surface area contributed by atoms with Gasteiger partial charge >= 0.3 is 0 Å². The topological polar surface area (TPSA) is 6.48 Å². The van der Waals surface area contributed by atoms with Crippen molar-refractivity contribution in [1.82, 2.24) is 0 Å². The molecule has 0 N–H and O–H groups in total. The maximum Gasteiger partial charge on any atom is 0.123 e. The molecule has 0 aliphatic heterocycles. The zero-order valence-electron chi connectivity index (χ0n) is 45.4. The Kier molecular flexibility index (Phi) is 10.7. The molecule has 0 heterocycles. The van der Waals surface area contributed by atoms with Crippen LogP contribution in [0.1, 0.15) is 0 Å². The minimum atomic E-state index is -0.271. The molecule has 17 rings (SSSR count). The third-order valence-corrected chi connectivity index (χ3v) is 17.6. The zero-order valence-corrected chi connectivity index (χ0v) is 45.4. The second kappa shape index (κ2) is 18.8. The predicted molar refractivity (Wildman–Crippen MR) is 348 cm³/mol. The van der Waals surface area contributed by atoms with Crippen LogP contribution in [0.15, 0.2) is 291 Å². The van der Waals surface area contributed by atoms with Gasteiger partial charge in [-0.05, 0) is 195 Å². The second-order valence-electron chi connectivity index (χ2n) is 22.0. The number of hydrogen-bond acceptors (Lipinski definition) is 2. The molecule has 0 bridgehead atoms. The molecule has 2 aliphatic rings. The first-order valence-electron chi connectivity index (χ1n) is 28.6. The zero-order chi connectivity index (χ0) is 55.6. The first kappa shape index (κ1) is 47.8. The average molecular weight is 1080 g/mol. The molecule has 392 valence electrons. The number of hydrogen-bond donors (Lipinski definition) is 0. The highest BCUT2D eigenvalue weighted by Crippen LogP contribution is 2.64. The molecule has 0 fully saturated rings. The monoisotopic (exact) mass is 1070 g/mol. The van der Waals surface area contributed by atoms with E-state index in [1.807, 2.05) is 24.3 Å². The van der Waals surface area contributed by atoms with Crippen molar-refractivity contribution in [3.05, 3.63) is 303 Å². The molecule has 4 heteroatoms. The van der Waals surface area contributed by atoms with E-state index in [0.29, 0.717) is 0 Å². The lowest BCUT2D eigenvalue weighted by molar-refractivity contribution is 0.627. The maximum atomic E-state index is 15.0. The fourth-order valence-corrected chi connectivity index (χ4v) is 14.2. The van der Waals surface area contributed by atoms with Crippen molar-refractivity contribution in [2.45, 2.75) is 0 Å². The van der Waals surface area contributed by atoms with Crippen LogP contribution in [-0.4, -0.2) is 0 Å². The highest BCUT2D eigenvalue weighted by Gasteiger charge is 2.37. The average Bonchev–Trinajstić information content (AvgIpc) is 1.45. The molecule has 2 aliphatic carbocycles. The molecule has 0 saturated carbocycles. The Morgan fingerprint density at radius 3 is 0.774 bits per heavy atom. The van der Waals surface area contributed by atoms with Gasteiger partial charge in [0.05, 0.1) is 11.4 Å². The molecule has 15 aromatic carbocycles. The van der Waals surface area contributed by atoms with E-state index < -0.39 is 0 Å². The lowest BCUT2D eigenvalue weighted by Gasteiger charge is -2.31. The van der Waals surface area contributed by atoms with Gasteiger partial charge in [0.2, 0.25) is 0 Å². The van der Waals surface area contributed by atoms with Crippen molar-refractivity contribution < 1.29 is 8.78 Å². The second-order valence-corrected chi connectivity index (χ2v) is 22.0. The Hall–Kier alpha value is -10.9. The molecule has 2 nitrogen and oxygen atoms in total. The lowest BCUT2D eigenvalue weighted by atomic mass is 9.83. The number of benzene rings is 15. The van der Waals surface area contributed by atoms with Crippen LogP contribution in [0.25, 0.3) is 132 Å². The van der Waals surface area contributed by atoms with E-state index in [0.717, 1.165) is 145 Å². The molecule has 0 aromatic heterocycles. The summed E-state index contributed by atoms with van der Waals surface area (Å²) in [6, 6.07) is 102. The van der Waals surface area contributed by atoms with Gasteiger partial charge in [-0.15, -0.1) is 0 Å². The van der Waals surface area contributed by atoms with Gasteiger partial charge in [0, 0.05) is 44.3 Å². The minimum Gasteiger partial charge on any atom is -0.310 e. The van der Waals surface area contributed by atoms with Crippen LogP contribution in [0.2, 0.25) is 0 Å². The Morgan fingerprint density at radius 2 is 0.464 bits per heavy atom. The van der Waals surface area contributed by atoms with Crippen molar-refractivity contribution in [3.63, 3.8) is 0 Å². The largest absolute Gasteiger partial charge is 0.310 e. The summed E-state index contributed by atoms with van der Waals surface area (Å²) in [6.07, 6.45) is 0. The Morgan fingerprint density at radius 1 is 0.202 bits per heavy atom. The standard InChI is InChI=1S/C80H48F2N2/c81-53-35-31-51(32-36-53)61-41-40-60(50-21-9-2-10-22-50)73-67-47-69(83(55-23-11-3-12-24-55)56-25-13-4-14-26-56)77-65-45-43-63-71-59(49-19-7-1-8-20-49)39-42-62(52-33-37-54(82)38-34-52)74(71)68-48-70(84(57-27-15-5-16-28-57)58-29-17-6-18-30-58)78(79(65)75(63)68)66-46-44-64(72(61)73)76(67)80(66)77/h1-48H. The van der Waals surface area contributed by atoms with Gasteiger partial charge in [-0.25, -0.2) is 8.78 Å². The summed E-state index contributed by atoms with van der Waals surface area (Å²) in [5.74, 6) is -0.540. The van der Waals surface area contributed by atoms with Gasteiger partial charge in [-0.2, -0.15) is 0 Å². The van der Waals surface area contributed by atoms with Crippen LogP contribution in [0, 0.1) is 11.6 Å². The highest BCUT2D eigenvalue weighted by molar-refractivity contribution is 6.45. The summed E-state index contributed by atoms with van der Waals surface area (Å²) >= 11 is 0. The summed E-state index contributed by atoms with van der Waals surface area (Å²) in [4.78, 5) is 4.90. The quantitative estimate of drug-likeness (QED) is 0.0995. The van der Waals surface area contributed by atoms with Crippen molar-refractivity contribution in [1.29, 1.82) is 0 Å². The Labute approximate surface area is 485 Å². The molecule has 0 amide bonds. The number of rotatable bonds is 10. The van der Waals surface area contributed by atoms with Crippen LogP contribution in [0.3, 0.4) is 0 Å². The third-order valence-electron chi connectivity index (χ3n) is 17.6. The van der Waals surface area contributed by atoms with Crippen LogP contribution in [0.5, 0.6) is 0 Å². The molecule has 15 aromatic rings. The molecular formula is C80H48F2N2. The van der Waals surface area contributed by atoms with E-state index in [2.05, 4.69) is 252 Å². The maximum absolute atomic E-state index is 15.0. The molecule has 0 unspecified atom stereocenters. The van der Waals surface area contributed by atoms with E-state index >= 15 is 0 Å². The van der Waals surface area contributed by atoms with Gasteiger partial charge in [0.1, 0.15) is 11.6 Å². The van der Waals surface area contributed by atoms with Crippen LogP contribution in [-0.2, 0) is 0 Å². The van der Waals surface area contributed by atoms with Gasteiger partial charge < -0.3 is 9.80 Å². The molecule has 0 radical (unpaired) electrons. The first-order valence-corrected chi connectivity index (χ1v) is 28.6. The number of anilines is 6. The summed E-state index contributed by atoms with van der Waals surface area (Å²) < 4.78 is 29.9. The highest BCUT2D eigenvalue weighted by atomic mass is 19.1. The Bertz CT molecular complexity index is 4990. The van der Waals surface area contributed by atoms with E-state index in [1.54, 1.807) is 24.3 Å². The van der Waals surface area contributed by atoms with Crippen molar-refractivity contribution in [2.75, 3.05) is 9.80 Å². The Balaban J connectivity index is 1.11. The number of halogens is 2. The predicted octanol–water partition coefficient (Wildman–Crippen LogP) is 22.9. The van der Waals surface area contributed by atoms with Crippen molar-refractivity contribution in [3.8, 4) is 89.0 Å². The summed E-state index contributed by atoms with van der Waals surface area (Å²) in [6.45, 7) is 0. The third kappa shape index (κ3) is 7.14. The lowest BCUT2D eigenvalue weighted by Crippen LogP contribution is -2.12. The van der Waals surface area contributed by atoms with Gasteiger partial charge in [0.15, 0.2) is 0 Å². The fourth-order valence-electron chi connectivity index (χ4n) is 14.2. The van der Waals surface area contributed by atoms with Gasteiger partial charge in [0.25, 0.3) is 0 Å². The summed E-state index contributed by atoms with van der Waals surface area (Å²) in [7, 11) is 0.